The van der Waals surface area contributed by atoms with Gasteiger partial charge in [-0.05, 0) is 88.2 Å². The Morgan fingerprint density at radius 3 is 2.43 bits per heavy atom. The van der Waals surface area contributed by atoms with Gasteiger partial charge in [-0.3, -0.25) is 14.4 Å². The molecule has 0 aromatic rings. The number of carbonyl (C=O) groups excluding carboxylic acids is 5. The molecule has 1 unspecified atom stereocenters. The molecule has 0 aliphatic carbocycles. The fourth-order valence-corrected chi connectivity index (χ4v) is 9.74. The summed E-state index contributed by atoms with van der Waals surface area (Å²) in [6.07, 6.45) is 25.6. The number of hydrogen-bond donors (Lipinski definition) is 5. The molecule has 3 heterocycles. The zero-order valence-electron chi connectivity index (χ0n) is 38.2. The molecule has 2 saturated heterocycles. The van der Waals surface area contributed by atoms with E-state index in [1.54, 1.807) is 13.0 Å². The zero-order chi connectivity index (χ0) is 44.9. The Morgan fingerprint density at radius 1 is 0.984 bits per heavy atom. The van der Waals surface area contributed by atoms with Crippen molar-refractivity contribution >= 4 is 41.4 Å². The molecule has 3 aliphatic rings. The van der Waals surface area contributed by atoms with Crippen LogP contribution in [0.15, 0.2) is 71.4 Å². The first-order chi connectivity index (χ1) is 29.1. The fraction of sp³-hybridized carbons (Fsp3) is 0.653. The number of ketones is 1. The average Bonchev–Trinajstić information content (AvgIpc) is 3.77. The molecule has 0 aromatic heterocycles. The minimum absolute atomic E-state index is 0.0541. The van der Waals surface area contributed by atoms with Crippen LogP contribution in [0.5, 0.6) is 0 Å². The molecule has 0 bridgehead atoms. The highest BCUT2D eigenvalue weighted by Crippen LogP contribution is 2.33. The Hall–Kier alpha value is -3.90. The van der Waals surface area contributed by atoms with Gasteiger partial charge in [0.1, 0.15) is 6.10 Å². The monoisotopic (exact) mass is 865 g/mol. The first-order valence-corrected chi connectivity index (χ1v) is 23.9. The highest BCUT2D eigenvalue weighted by Gasteiger charge is 2.42. The third kappa shape index (κ3) is 18.9. The van der Waals surface area contributed by atoms with Crippen molar-refractivity contribution in [1.82, 2.24) is 21.3 Å². The number of ether oxygens (including phenoxy) is 1. The van der Waals surface area contributed by atoms with Crippen molar-refractivity contribution in [2.75, 3.05) is 18.8 Å². The van der Waals surface area contributed by atoms with Crippen LogP contribution in [0.3, 0.4) is 0 Å². The predicted molar refractivity (Wildman–Crippen MR) is 248 cm³/mol. The van der Waals surface area contributed by atoms with E-state index in [9.17, 15) is 29.1 Å². The lowest BCUT2D eigenvalue weighted by molar-refractivity contribution is -0.143. The number of amides is 4. The van der Waals surface area contributed by atoms with Crippen LogP contribution >= 0.6 is 11.8 Å². The van der Waals surface area contributed by atoms with Gasteiger partial charge in [0.25, 0.3) is 0 Å². The summed E-state index contributed by atoms with van der Waals surface area (Å²) in [5, 5.41) is 23.5. The number of urea groups is 1. The van der Waals surface area contributed by atoms with Crippen molar-refractivity contribution in [3.63, 3.8) is 0 Å². The second kappa shape index (κ2) is 27.2. The second-order valence-electron chi connectivity index (χ2n) is 17.7. The number of fused-ring (bicyclic) bond motifs is 1. The summed E-state index contributed by atoms with van der Waals surface area (Å²) in [6.45, 7) is 17.0. The van der Waals surface area contributed by atoms with Gasteiger partial charge in [0.2, 0.25) is 11.8 Å². The molecule has 0 aromatic carbocycles. The quantitative estimate of drug-likeness (QED) is 0.0138. The van der Waals surface area contributed by atoms with Crippen molar-refractivity contribution in [2.45, 2.75) is 156 Å². The Labute approximate surface area is 370 Å². The minimum Gasteiger partial charge on any atom is -0.454 e. The molecule has 10 atom stereocenters. The van der Waals surface area contributed by atoms with E-state index in [1.807, 2.05) is 64.6 Å². The van der Waals surface area contributed by atoms with E-state index in [1.165, 1.54) is 11.6 Å². The van der Waals surface area contributed by atoms with Crippen LogP contribution in [0.25, 0.3) is 0 Å². The summed E-state index contributed by atoms with van der Waals surface area (Å²) in [5.74, 6) is 0.241. The van der Waals surface area contributed by atoms with E-state index < -0.39 is 12.0 Å². The number of allylic oxidation sites excluding steroid dienone is 8. The standard InChI is InChI=1S/C49H76N4O7S/c1-9-39(22-23-41-35(5)21-24-45(56)60-41)29-33(3)18-16-17-32(2)27-36(6)47(57)38(8)48(58)37(7)28-34(4)30-44(55)51-26-15-11-10-14-25-50-43(54)20-13-12-19-42-46-40(31-61-42)52-49(59)53-46/h16-17,21-24,27,29-30,32-33,35,37-38,40-42,46,48,58H,9-15,18-20,25-26,28,31H2,1-8H3,(H,50,54)(H,51,55)(H2,52,53,59)/t32?,33-,35+,37+,38-,40+,41+,42-,46+,48-/m1/s1. The summed E-state index contributed by atoms with van der Waals surface area (Å²) in [5.41, 5.74) is 2.67. The van der Waals surface area contributed by atoms with Gasteiger partial charge in [0.05, 0.1) is 18.2 Å². The number of Topliss-reactive ketones (excluding diaryl/α,β-unsaturated/α-hetero) is 1. The maximum Gasteiger partial charge on any atom is 0.331 e. The number of nitrogens with one attached hydrogen (secondary N) is 4. The molecule has 5 N–H and O–H groups in total. The van der Waals surface area contributed by atoms with Gasteiger partial charge < -0.3 is 31.1 Å². The van der Waals surface area contributed by atoms with E-state index >= 15 is 0 Å². The van der Waals surface area contributed by atoms with Crippen LogP contribution in [0, 0.1) is 29.6 Å². The first-order valence-electron chi connectivity index (χ1n) is 22.8. The molecule has 61 heavy (non-hydrogen) atoms. The Kier molecular flexibility index (Phi) is 23.0. The number of thioether (sulfide) groups is 1. The van der Waals surface area contributed by atoms with E-state index in [2.05, 4.69) is 59.4 Å². The van der Waals surface area contributed by atoms with Crippen LogP contribution in [-0.4, -0.2) is 83.1 Å². The molecule has 4 amide bonds. The lowest BCUT2D eigenvalue weighted by atomic mass is 9.84. The largest absolute Gasteiger partial charge is 0.454 e. The van der Waals surface area contributed by atoms with Gasteiger partial charge in [0, 0.05) is 54.5 Å². The van der Waals surface area contributed by atoms with Crippen LogP contribution in [0.1, 0.15) is 126 Å². The molecule has 12 heteroatoms. The molecule has 0 spiro atoms. The summed E-state index contributed by atoms with van der Waals surface area (Å²) < 4.78 is 5.43. The van der Waals surface area contributed by atoms with E-state index in [4.69, 9.17) is 4.74 Å². The van der Waals surface area contributed by atoms with Crippen molar-refractivity contribution in [3.8, 4) is 0 Å². The Balaban J connectivity index is 1.26. The smallest absolute Gasteiger partial charge is 0.331 e. The van der Waals surface area contributed by atoms with Crippen LogP contribution < -0.4 is 21.3 Å². The minimum atomic E-state index is -0.845. The molecule has 0 radical (unpaired) electrons. The Morgan fingerprint density at radius 2 is 1.70 bits per heavy atom. The van der Waals surface area contributed by atoms with Crippen LogP contribution in [0.2, 0.25) is 0 Å². The van der Waals surface area contributed by atoms with Crippen molar-refractivity contribution < 1.29 is 33.8 Å². The highest BCUT2D eigenvalue weighted by atomic mass is 32.2. The van der Waals surface area contributed by atoms with E-state index in [-0.39, 0.29) is 65.5 Å². The van der Waals surface area contributed by atoms with Gasteiger partial charge in [-0.25, -0.2) is 9.59 Å². The summed E-state index contributed by atoms with van der Waals surface area (Å²) in [4.78, 5) is 61.3. The number of unbranched alkanes of at least 4 members (excludes halogenated alkanes) is 4. The summed E-state index contributed by atoms with van der Waals surface area (Å²) in [6, 6.07) is 0.387. The Bertz CT molecular complexity index is 1650. The lowest BCUT2D eigenvalue weighted by Crippen LogP contribution is -2.36. The van der Waals surface area contributed by atoms with Gasteiger partial charge in [-0.15, -0.1) is 0 Å². The van der Waals surface area contributed by atoms with Gasteiger partial charge >= 0.3 is 12.0 Å². The molecule has 340 valence electrons. The number of cyclic esters (lactones) is 1. The number of carbonyl (C=O) groups is 5. The second-order valence-corrected chi connectivity index (χ2v) is 18.9. The van der Waals surface area contributed by atoms with Gasteiger partial charge in [-0.2, -0.15) is 11.8 Å². The molecule has 0 saturated carbocycles. The van der Waals surface area contributed by atoms with Gasteiger partial charge in [0.15, 0.2) is 5.78 Å². The summed E-state index contributed by atoms with van der Waals surface area (Å²) in [7, 11) is 0. The number of aliphatic hydroxyl groups excluding tert-OH is 1. The van der Waals surface area contributed by atoms with Gasteiger partial charge in [-0.1, -0.05) is 108 Å². The third-order valence-corrected chi connectivity index (χ3v) is 13.4. The number of hydrogen-bond acceptors (Lipinski definition) is 8. The topological polar surface area (TPSA) is 163 Å². The molecule has 11 nitrogen and oxygen atoms in total. The highest BCUT2D eigenvalue weighted by molar-refractivity contribution is 8.00. The summed E-state index contributed by atoms with van der Waals surface area (Å²) >= 11 is 1.90. The normalized spacial score (nSPS) is 24.5. The van der Waals surface area contributed by atoms with E-state index in [0.29, 0.717) is 42.7 Å². The number of esters is 1. The number of rotatable bonds is 27. The van der Waals surface area contributed by atoms with Crippen molar-refractivity contribution in [2.24, 2.45) is 29.6 Å². The molecular formula is C49H76N4O7S. The van der Waals surface area contributed by atoms with E-state index in [0.717, 1.165) is 69.1 Å². The lowest BCUT2D eigenvalue weighted by Gasteiger charge is -2.24. The first kappa shape index (κ1) is 51.5. The maximum atomic E-state index is 13.3. The molecule has 3 aliphatic heterocycles. The van der Waals surface area contributed by atoms with Crippen LogP contribution in [-0.2, 0) is 23.9 Å². The predicted octanol–water partition coefficient (Wildman–Crippen LogP) is 8.22. The molecule has 2 fully saturated rings. The van der Waals surface area contributed by atoms with Crippen molar-refractivity contribution in [3.05, 3.63) is 71.4 Å². The van der Waals surface area contributed by atoms with Crippen LogP contribution in [0.4, 0.5) is 4.79 Å². The molecule has 3 rings (SSSR count). The average molecular weight is 865 g/mol. The number of aliphatic hydroxyl groups is 1. The fourth-order valence-electron chi connectivity index (χ4n) is 8.19. The SMILES string of the molecule is CCC(C=C[C@@H]1OC(=O)C=C[C@@H]1C)=C[C@H](C)CC=CC(C)C=C(C)C(=O)[C@@H](C)[C@H](O)[C@@H](C)CC(C)=CC(=O)NCCCCCCNC(=O)CCCC[C@H]1SC[C@@H]2NC(=O)N[C@@H]21. The van der Waals surface area contributed by atoms with Crippen molar-refractivity contribution in [1.29, 1.82) is 0 Å². The third-order valence-electron chi connectivity index (χ3n) is 11.9. The maximum absolute atomic E-state index is 13.3. The molecular weight excluding hydrogens is 789 g/mol. The zero-order valence-corrected chi connectivity index (χ0v) is 39.0.